The molecule has 28 nitrogen and oxygen atoms in total. The molecule has 29 heteroatoms. The van der Waals surface area contributed by atoms with E-state index in [4.69, 9.17) is 26.1 Å². The molecular formula is C93H111FN22O6. The van der Waals surface area contributed by atoms with Gasteiger partial charge in [0.25, 0.3) is 16.7 Å². The molecule has 122 heavy (non-hydrogen) atoms. The van der Waals surface area contributed by atoms with Crippen LogP contribution in [-0.2, 0) is 41.3 Å². The van der Waals surface area contributed by atoms with E-state index < -0.39 is 16.9 Å². The molecular weight excluding hydrogens is 1540 g/mol. The van der Waals surface area contributed by atoms with Gasteiger partial charge in [0.1, 0.15) is 27.4 Å². The number of amidine groups is 1. The normalized spacial score (nSPS) is 18.9. The molecule has 12 aromatic rings. The number of allylic oxidation sites excluding steroid dienone is 3. The van der Waals surface area contributed by atoms with E-state index in [1.807, 2.05) is 24.3 Å². The van der Waals surface area contributed by atoms with Gasteiger partial charge < -0.3 is 42.1 Å². The number of alkyl halides is 1. The molecule has 5 aliphatic rings. The Morgan fingerprint density at radius 2 is 0.852 bits per heavy atom. The number of carbonyl (C=O) groups is 1. The molecule has 9 N–H and O–H groups in total. The fourth-order valence-electron chi connectivity index (χ4n) is 16.9. The molecule has 9 heterocycles. The zero-order valence-corrected chi connectivity index (χ0v) is 69.5. The molecule has 5 aliphatic carbocycles. The lowest BCUT2D eigenvalue weighted by Gasteiger charge is -2.33. The van der Waals surface area contributed by atoms with Gasteiger partial charge in [0.15, 0.2) is 40.1 Å². The second-order valence-electron chi connectivity index (χ2n) is 33.9. The molecule has 1 amide bonds. The van der Waals surface area contributed by atoms with E-state index in [9.17, 15) is 29.4 Å². The van der Waals surface area contributed by atoms with E-state index in [1.165, 1.54) is 75.0 Å². The third kappa shape index (κ3) is 18.8. The van der Waals surface area contributed by atoms with Crippen LogP contribution in [0.2, 0.25) is 0 Å². The number of rotatable bonds is 25. The van der Waals surface area contributed by atoms with Gasteiger partial charge in [-0.15, -0.1) is 19.7 Å². The first-order chi connectivity index (χ1) is 58.2. The summed E-state index contributed by atoms with van der Waals surface area (Å²) < 4.78 is 24.7. The highest BCUT2D eigenvalue weighted by molar-refractivity contribution is 5.81. The Hall–Kier alpha value is -12.5. The maximum Gasteiger partial charge on any atom is 0.278 e. The lowest BCUT2D eigenvalue weighted by Crippen LogP contribution is -2.34. The van der Waals surface area contributed by atoms with Gasteiger partial charge in [0.2, 0.25) is 23.8 Å². The summed E-state index contributed by atoms with van der Waals surface area (Å²) in [7, 11) is 4.33. The summed E-state index contributed by atoms with van der Waals surface area (Å²) in [5.74, 6) is 4.80. The second kappa shape index (κ2) is 36.5. The van der Waals surface area contributed by atoms with Crippen molar-refractivity contribution in [2.75, 3.05) is 30.0 Å². The van der Waals surface area contributed by atoms with Gasteiger partial charge in [-0.3, -0.25) is 24.6 Å². The first-order valence-corrected chi connectivity index (χ1v) is 42.0. The summed E-state index contributed by atoms with van der Waals surface area (Å²) in [5.41, 5.74) is 10.2. The topological polar surface area (TPSA) is 356 Å². The van der Waals surface area contributed by atoms with E-state index in [1.54, 1.807) is 115 Å². The van der Waals surface area contributed by atoms with Crippen molar-refractivity contribution in [1.82, 2.24) is 83.2 Å². The average molecular weight is 1650 g/mol. The molecule has 0 radical (unpaired) electrons. The van der Waals surface area contributed by atoms with Crippen molar-refractivity contribution in [2.45, 2.75) is 211 Å². The third-order valence-corrected chi connectivity index (χ3v) is 24.2. The number of carbonyl (C=O) groups excluding carboxylic acids is 1. The monoisotopic (exact) mass is 1650 g/mol. The molecule has 5 saturated carbocycles. The Balaban J connectivity index is 0.000000149. The number of hydrogen-bond donors (Lipinski definition) is 8. The number of nitrogens with one attached hydrogen (secondary N) is 5. The van der Waals surface area contributed by atoms with Crippen molar-refractivity contribution in [3.8, 4) is 17.5 Å². The predicted molar refractivity (Wildman–Crippen MR) is 478 cm³/mol. The number of aliphatic hydroxyl groups is 2. The Morgan fingerprint density at radius 1 is 0.508 bits per heavy atom. The second-order valence-corrected chi connectivity index (χ2v) is 33.9. The van der Waals surface area contributed by atoms with Crippen LogP contribution < -0.4 is 43.7 Å². The summed E-state index contributed by atoms with van der Waals surface area (Å²) >= 11 is 0. The maximum absolute atomic E-state index is 15.2. The fourth-order valence-corrected chi connectivity index (χ4v) is 16.9. The minimum Gasteiger partial charge on any atom is -0.387 e. The van der Waals surface area contributed by atoms with E-state index in [0.29, 0.717) is 134 Å². The van der Waals surface area contributed by atoms with Crippen LogP contribution in [0, 0.1) is 17.2 Å². The van der Waals surface area contributed by atoms with E-state index in [-0.39, 0.29) is 61.5 Å². The zero-order valence-electron chi connectivity index (χ0n) is 69.5. The zero-order chi connectivity index (χ0) is 85.0. The van der Waals surface area contributed by atoms with Crippen molar-refractivity contribution in [2.24, 2.45) is 17.6 Å². The molecule has 0 aliphatic heterocycles. The summed E-state index contributed by atoms with van der Waals surface area (Å²) in [6.45, 7) is 18.8. The Labute approximate surface area is 708 Å². The minimum absolute atomic E-state index is 0. The van der Waals surface area contributed by atoms with Crippen LogP contribution in [0.3, 0.4) is 0 Å². The van der Waals surface area contributed by atoms with Gasteiger partial charge in [0.05, 0.1) is 42.6 Å². The summed E-state index contributed by atoms with van der Waals surface area (Å²) in [4.78, 5) is 95.8. The number of nitrogens with two attached hydrogens (primary N) is 1. The predicted octanol–water partition coefficient (Wildman–Crippen LogP) is 15.5. The van der Waals surface area contributed by atoms with Crippen molar-refractivity contribution in [1.29, 1.82) is 5.41 Å². The molecule has 636 valence electrons. The molecule has 0 saturated heterocycles. The highest BCUT2D eigenvalue weighted by Gasteiger charge is 2.41. The standard InChI is InChI=1S/C32H37N7O3.C31H36FN7O.C29H34N8O2.CH4/c1-4-18-38-30(41)25-19-33-31(37-28(25)39(38)27-7-5-6-26(36-27)32(2,3)42)35-24-14-12-21(13-15-24)20-8-10-22(11-9-20)29(40)34-23-16-17-23;1-4-19-38-29(40)25-20-33-30(34-23-13-9-21(10-14-23)22-11-15-24(16-12-22)37(2)3)36-28(25)39(38)27-8-5-7-26(35-27)31(32)17-6-18-31;1-4-16-36-27(38)22-17-32-28(35-26(22)37(36)24-7-5-6-23(34-24)29(2,3)39)33-21-14-12-19(13-15-21)18-8-10-20(11-9-18)25(30)31;/h4-7,12-15,19-20,22-23,42H,1,8-11,16-18H2,2-3H3,(H,34,40)(H,33,35,37);4-5,7-10,13-14,20,22,24H,1,6,11-12,15-19H2,2-3H3,(H,33,34,36);4-7,12-15,17-18,20,39H,1,8-11,16H2,2-3H3,(H3,30,31)(H,32,33,35);1H4. The van der Waals surface area contributed by atoms with Crippen LogP contribution >= 0.6 is 0 Å². The Morgan fingerprint density at radius 3 is 1.17 bits per heavy atom. The van der Waals surface area contributed by atoms with E-state index in [0.717, 1.165) is 87.7 Å². The first-order valence-electron chi connectivity index (χ1n) is 42.0. The molecule has 17 rings (SSSR count). The van der Waals surface area contributed by atoms with Gasteiger partial charge in [-0.25, -0.2) is 62.4 Å². The molecule has 3 aromatic carbocycles. The van der Waals surface area contributed by atoms with Gasteiger partial charge in [-0.1, -0.05) is 80.3 Å². The van der Waals surface area contributed by atoms with Gasteiger partial charge >= 0.3 is 0 Å². The first kappa shape index (κ1) is 85.9. The molecule has 0 unspecified atom stereocenters. The van der Waals surface area contributed by atoms with E-state index >= 15 is 4.39 Å². The smallest absolute Gasteiger partial charge is 0.278 e. The van der Waals surface area contributed by atoms with Crippen molar-refractivity contribution >= 4 is 79.8 Å². The van der Waals surface area contributed by atoms with Crippen LogP contribution in [0.5, 0.6) is 0 Å². The molecule has 0 spiro atoms. The van der Waals surface area contributed by atoms with Crippen LogP contribution in [-0.4, -0.2) is 126 Å². The SMILES string of the molecule is C.C=CCn1c(=O)c2cnc(Nc3ccc(C4CCC(C(=N)N)CC4)cc3)nc2n1-c1cccc(C(C)(C)O)n1.C=CCn1c(=O)c2cnc(Nc3ccc(C4CCC(C(=O)NC5CC5)CC4)cc3)nc2n1-c1cccc(C(C)(C)O)n1.C=CCn1c(=O)c2cnc(Nc3ccc(C4CCC(N(C)C)CC4)cc3)nc2n1-c1cccc(C2(F)CCC2)n1. The number of amides is 1. The average Bonchev–Trinajstić information content (AvgIpc) is 1.61. The van der Waals surface area contributed by atoms with Crippen molar-refractivity contribution in [3.63, 3.8) is 0 Å². The highest BCUT2D eigenvalue weighted by atomic mass is 19.1. The van der Waals surface area contributed by atoms with Crippen molar-refractivity contribution < 1.29 is 19.4 Å². The van der Waals surface area contributed by atoms with Crippen LogP contribution in [0.1, 0.15) is 196 Å². The van der Waals surface area contributed by atoms with Crippen LogP contribution in [0.4, 0.5) is 39.3 Å². The minimum atomic E-state index is -1.41. The summed E-state index contributed by atoms with van der Waals surface area (Å²) in [6, 6.07) is 41.9. The lowest BCUT2D eigenvalue weighted by atomic mass is 9.78. The van der Waals surface area contributed by atoms with Crippen molar-refractivity contribution in [3.05, 3.63) is 249 Å². The number of fused-ring (bicyclic) bond motifs is 3. The molecule has 0 bridgehead atoms. The summed E-state index contributed by atoms with van der Waals surface area (Å²) in [6.07, 6.45) is 26.2. The Kier molecular flexibility index (Phi) is 25.7. The third-order valence-electron chi connectivity index (χ3n) is 24.2. The number of nitrogens with zero attached hydrogens (tertiary/aromatic N) is 16. The van der Waals surface area contributed by atoms with Gasteiger partial charge in [-0.2, -0.15) is 15.0 Å². The number of aromatic nitrogens is 15. The number of pyridine rings is 3. The van der Waals surface area contributed by atoms with Crippen LogP contribution in [0.15, 0.2) is 198 Å². The summed E-state index contributed by atoms with van der Waals surface area (Å²) in [5, 5.41) is 42.7. The number of benzene rings is 3. The maximum atomic E-state index is 15.2. The lowest BCUT2D eigenvalue weighted by molar-refractivity contribution is -0.126. The van der Waals surface area contributed by atoms with Gasteiger partial charge in [-0.05, 0) is 258 Å². The fraction of sp³-hybridized carbons (Fsp3) is 0.398. The number of hydrogen-bond acceptors (Lipinski definition) is 20. The highest BCUT2D eigenvalue weighted by Crippen LogP contribution is 2.45. The van der Waals surface area contributed by atoms with Crippen LogP contribution in [0.25, 0.3) is 50.6 Å². The largest absolute Gasteiger partial charge is 0.387 e. The number of anilines is 6. The number of halogens is 1. The molecule has 9 aromatic heterocycles. The Bertz CT molecular complexity index is 5980. The quantitative estimate of drug-likeness (QED) is 0.0150. The molecule has 0 atom stereocenters. The van der Waals surface area contributed by atoms with Gasteiger partial charge in [0, 0.05) is 59.6 Å². The van der Waals surface area contributed by atoms with E-state index in [2.05, 4.69) is 138 Å². The molecule has 5 fully saturated rings.